The molecule has 2 aliphatic carbocycles. The lowest BCUT2D eigenvalue weighted by molar-refractivity contribution is -0.148. The molecule has 1 aromatic carbocycles. The average molecular weight is 351 g/mol. The second-order valence-corrected chi connectivity index (χ2v) is 8.24. The normalized spacial score (nSPS) is 24.4. The smallest absolute Gasteiger partial charge is 0.307 e. The zero-order valence-corrected chi connectivity index (χ0v) is 15.5. The molecule has 0 unspecified atom stereocenters. The molecule has 136 valence electrons. The van der Waals surface area contributed by atoms with Gasteiger partial charge in [0.1, 0.15) is 11.4 Å². The van der Waals surface area contributed by atoms with Crippen LogP contribution in [0.5, 0.6) is 0 Å². The standard InChI is InChI=1S/C21H25N3O2/c1-13-6-5-7-17(14(13)2)24-20(22-19(23-24)15-8-9-15)16-12-18(25)26-21(16)10-3-4-11-21/h5-7,15-16H,3-4,8-12H2,1-2H3/t16-/m0/s1. The first-order valence-corrected chi connectivity index (χ1v) is 9.83. The fourth-order valence-electron chi connectivity index (χ4n) is 4.67. The van der Waals surface area contributed by atoms with E-state index in [9.17, 15) is 4.79 Å². The third-order valence-electron chi connectivity index (χ3n) is 6.48. The van der Waals surface area contributed by atoms with Crippen LogP contribution in [0, 0.1) is 13.8 Å². The Balaban J connectivity index is 1.66. The maximum atomic E-state index is 12.2. The van der Waals surface area contributed by atoms with Crippen molar-refractivity contribution in [2.45, 2.75) is 76.2 Å². The first-order chi connectivity index (χ1) is 12.6. The van der Waals surface area contributed by atoms with Crippen molar-refractivity contribution in [3.63, 3.8) is 0 Å². The molecule has 1 saturated heterocycles. The fourth-order valence-corrected chi connectivity index (χ4v) is 4.67. The second kappa shape index (κ2) is 5.66. The van der Waals surface area contributed by atoms with Crippen LogP contribution < -0.4 is 0 Å². The van der Waals surface area contributed by atoms with Crippen LogP contribution in [0.25, 0.3) is 5.69 Å². The SMILES string of the molecule is Cc1cccc(-n2nc(C3CC3)nc2[C@@H]2CC(=O)OC23CCCC3)c1C. The topological polar surface area (TPSA) is 57.0 Å². The number of esters is 1. The largest absolute Gasteiger partial charge is 0.458 e. The van der Waals surface area contributed by atoms with Crippen molar-refractivity contribution >= 4 is 5.97 Å². The third kappa shape index (κ3) is 2.40. The van der Waals surface area contributed by atoms with Gasteiger partial charge in [-0.15, -0.1) is 0 Å². The van der Waals surface area contributed by atoms with E-state index in [0.717, 1.165) is 43.0 Å². The predicted molar refractivity (Wildman–Crippen MR) is 97.5 cm³/mol. The molecule has 3 aliphatic rings. The van der Waals surface area contributed by atoms with E-state index in [1.165, 1.54) is 24.0 Å². The summed E-state index contributed by atoms with van der Waals surface area (Å²) in [4.78, 5) is 17.2. The van der Waals surface area contributed by atoms with Crippen LogP contribution in [-0.2, 0) is 9.53 Å². The van der Waals surface area contributed by atoms with Crippen molar-refractivity contribution in [2.24, 2.45) is 0 Å². The Morgan fingerprint density at radius 3 is 2.69 bits per heavy atom. The summed E-state index contributed by atoms with van der Waals surface area (Å²) in [6, 6.07) is 6.30. The number of rotatable bonds is 3. The van der Waals surface area contributed by atoms with E-state index in [2.05, 4.69) is 32.0 Å². The minimum absolute atomic E-state index is 0.0115. The molecule has 0 amide bonds. The van der Waals surface area contributed by atoms with Gasteiger partial charge in [-0.1, -0.05) is 12.1 Å². The molecular weight excluding hydrogens is 326 g/mol. The molecule has 1 aromatic heterocycles. The molecule has 26 heavy (non-hydrogen) atoms. The Morgan fingerprint density at radius 1 is 1.19 bits per heavy atom. The van der Waals surface area contributed by atoms with Crippen molar-refractivity contribution < 1.29 is 9.53 Å². The van der Waals surface area contributed by atoms with Crippen LogP contribution in [0.4, 0.5) is 0 Å². The highest BCUT2D eigenvalue weighted by molar-refractivity contribution is 5.74. The van der Waals surface area contributed by atoms with Crippen molar-refractivity contribution in [2.75, 3.05) is 0 Å². The maximum absolute atomic E-state index is 12.2. The molecule has 5 heteroatoms. The lowest BCUT2D eigenvalue weighted by atomic mass is 9.85. The lowest BCUT2D eigenvalue weighted by Gasteiger charge is -2.28. The first kappa shape index (κ1) is 16.0. The molecular formula is C21H25N3O2. The molecule has 5 rings (SSSR count). The summed E-state index contributed by atoms with van der Waals surface area (Å²) in [6.45, 7) is 4.26. The molecule has 2 saturated carbocycles. The number of aromatic nitrogens is 3. The minimum Gasteiger partial charge on any atom is -0.458 e. The van der Waals surface area contributed by atoms with Gasteiger partial charge in [0.05, 0.1) is 18.0 Å². The van der Waals surface area contributed by atoms with Crippen LogP contribution >= 0.6 is 0 Å². The molecule has 0 bridgehead atoms. The third-order valence-corrected chi connectivity index (χ3v) is 6.48. The Morgan fingerprint density at radius 2 is 1.96 bits per heavy atom. The summed E-state index contributed by atoms with van der Waals surface area (Å²) in [6.07, 6.45) is 6.90. The number of hydrogen-bond acceptors (Lipinski definition) is 4. The number of nitrogens with zero attached hydrogens (tertiary/aromatic N) is 3. The highest BCUT2D eigenvalue weighted by atomic mass is 16.6. The highest BCUT2D eigenvalue weighted by Crippen LogP contribution is 2.51. The molecule has 2 heterocycles. The van der Waals surface area contributed by atoms with E-state index in [-0.39, 0.29) is 17.5 Å². The van der Waals surface area contributed by atoms with Gasteiger partial charge in [-0.25, -0.2) is 9.67 Å². The van der Waals surface area contributed by atoms with Gasteiger partial charge in [-0.05, 0) is 69.6 Å². The number of aryl methyl sites for hydroxylation is 1. The lowest BCUT2D eigenvalue weighted by Crippen LogP contribution is -2.32. The van der Waals surface area contributed by atoms with E-state index < -0.39 is 0 Å². The van der Waals surface area contributed by atoms with Crippen molar-refractivity contribution in [1.29, 1.82) is 0 Å². The van der Waals surface area contributed by atoms with Gasteiger partial charge in [0.25, 0.3) is 0 Å². The Labute approximate surface area is 153 Å². The molecule has 1 aliphatic heterocycles. The summed E-state index contributed by atoms with van der Waals surface area (Å²) >= 11 is 0. The van der Waals surface area contributed by atoms with Crippen LogP contribution in [0.1, 0.15) is 79.6 Å². The van der Waals surface area contributed by atoms with Gasteiger partial charge < -0.3 is 4.74 Å². The van der Waals surface area contributed by atoms with Gasteiger partial charge >= 0.3 is 5.97 Å². The molecule has 1 atom stereocenters. The van der Waals surface area contributed by atoms with E-state index in [1.807, 2.05) is 4.68 Å². The second-order valence-electron chi connectivity index (χ2n) is 8.24. The highest BCUT2D eigenvalue weighted by Gasteiger charge is 2.53. The van der Waals surface area contributed by atoms with Gasteiger partial charge in [0, 0.05) is 5.92 Å². The average Bonchev–Trinajstić information content (AvgIpc) is 3.08. The van der Waals surface area contributed by atoms with Crippen LogP contribution in [0.2, 0.25) is 0 Å². The Bertz CT molecular complexity index is 875. The summed E-state index contributed by atoms with van der Waals surface area (Å²) in [7, 11) is 0. The molecule has 2 aromatic rings. The van der Waals surface area contributed by atoms with Crippen LogP contribution in [-0.4, -0.2) is 26.3 Å². The Kier molecular flexibility index (Phi) is 3.49. The zero-order valence-electron chi connectivity index (χ0n) is 15.5. The summed E-state index contributed by atoms with van der Waals surface area (Å²) < 4.78 is 7.90. The predicted octanol–water partition coefficient (Wildman–Crippen LogP) is 4.10. The number of carbonyl (C=O) groups is 1. The van der Waals surface area contributed by atoms with E-state index in [1.54, 1.807) is 0 Å². The number of carbonyl (C=O) groups excluding carboxylic acids is 1. The van der Waals surface area contributed by atoms with Gasteiger partial charge in [-0.2, -0.15) is 5.10 Å². The Hall–Kier alpha value is -2.17. The number of ether oxygens (including phenoxy) is 1. The molecule has 0 radical (unpaired) electrons. The minimum atomic E-state index is -0.361. The molecule has 0 N–H and O–H groups in total. The van der Waals surface area contributed by atoms with E-state index in [4.69, 9.17) is 14.8 Å². The summed E-state index contributed by atoms with van der Waals surface area (Å²) in [5.74, 6) is 2.28. The fraction of sp³-hybridized carbons (Fsp3) is 0.571. The van der Waals surface area contributed by atoms with Crippen molar-refractivity contribution in [1.82, 2.24) is 14.8 Å². The van der Waals surface area contributed by atoms with Crippen molar-refractivity contribution in [3.05, 3.63) is 41.0 Å². The van der Waals surface area contributed by atoms with Gasteiger partial charge in [0.2, 0.25) is 0 Å². The molecule has 1 spiro atoms. The van der Waals surface area contributed by atoms with Crippen LogP contribution in [0.15, 0.2) is 18.2 Å². The number of hydrogen-bond donors (Lipinski definition) is 0. The van der Waals surface area contributed by atoms with E-state index in [0.29, 0.717) is 12.3 Å². The van der Waals surface area contributed by atoms with Crippen LogP contribution in [0.3, 0.4) is 0 Å². The first-order valence-electron chi connectivity index (χ1n) is 9.83. The van der Waals surface area contributed by atoms with E-state index >= 15 is 0 Å². The zero-order chi connectivity index (χ0) is 17.9. The summed E-state index contributed by atoms with van der Waals surface area (Å²) in [5, 5.41) is 4.91. The van der Waals surface area contributed by atoms with Gasteiger partial charge in [0.15, 0.2) is 5.82 Å². The quantitative estimate of drug-likeness (QED) is 0.781. The van der Waals surface area contributed by atoms with Crippen molar-refractivity contribution in [3.8, 4) is 5.69 Å². The van der Waals surface area contributed by atoms with Gasteiger partial charge in [-0.3, -0.25) is 4.79 Å². The summed E-state index contributed by atoms with van der Waals surface area (Å²) in [5.41, 5.74) is 3.17. The maximum Gasteiger partial charge on any atom is 0.307 e. The molecule has 3 fully saturated rings. The number of benzene rings is 1. The molecule has 5 nitrogen and oxygen atoms in total. The monoisotopic (exact) mass is 351 g/mol.